The van der Waals surface area contributed by atoms with Crippen LogP contribution in [0.15, 0.2) is 54.7 Å². The van der Waals surface area contributed by atoms with Crippen molar-refractivity contribution in [3.8, 4) is 0 Å². The Morgan fingerprint density at radius 3 is 2.48 bits per heavy atom. The SMILES string of the molecule is CN1CCN(C(=O)CN2CN(c3ccccc3)C3(CCN(C(=O)c4ccc5[nH]ncc5c4)CC3)C2=O)C[C@H]1C(F)(F)F. The van der Waals surface area contributed by atoms with Gasteiger partial charge in [0, 0.05) is 49.4 Å². The number of alkyl halides is 3. The van der Waals surface area contributed by atoms with Crippen LogP contribution in [-0.4, -0.2) is 118 Å². The third-order valence-electron chi connectivity index (χ3n) is 8.85. The molecule has 0 unspecified atom stereocenters. The van der Waals surface area contributed by atoms with Gasteiger partial charge in [-0.25, -0.2) is 0 Å². The maximum Gasteiger partial charge on any atom is 0.405 e. The van der Waals surface area contributed by atoms with Crippen LogP contribution < -0.4 is 4.90 Å². The zero-order valence-electron chi connectivity index (χ0n) is 23.2. The summed E-state index contributed by atoms with van der Waals surface area (Å²) in [6, 6.07) is 13.0. The van der Waals surface area contributed by atoms with Crippen LogP contribution in [0.5, 0.6) is 0 Å². The Bertz CT molecular complexity index is 1490. The van der Waals surface area contributed by atoms with E-state index in [0.29, 0.717) is 31.5 Å². The van der Waals surface area contributed by atoms with Crippen molar-refractivity contribution in [1.29, 1.82) is 0 Å². The quantitative estimate of drug-likeness (QED) is 0.508. The maximum atomic E-state index is 14.0. The molecule has 1 spiro atoms. The van der Waals surface area contributed by atoms with E-state index in [9.17, 15) is 27.6 Å². The first-order valence-corrected chi connectivity index (χ1v) is 14.0. The summed E-state index contributed by atoms with van der Waals surface area (Å²) in [7, 11) is 1.40. The molecule has 0 saturated carbocycles. The molecule has 222 valence electrons. The molecule has 3 amide bonds. The number of piperidine rings is 1. The molecule has 3 aromatic rings. The van der Waals surface area contributed by atoms with E-state index in [1.165, 1.54) is 21.7 Å². The Morgan fingerprint density at radius 1 is 1.02 bits per heavy atom. The topological polar surface area (TPSA) is 96.1 Å². The number of piperazine rings is 1. The summed E-state index contributed by atoms with van der Waals surface area (Å²) < 4.78 is 40.6. The lowest BCUT2D eigenvalue weighted by Gasteiger charge is -2.43. The van der Waals surface area contributed by atoms with Gasteiger partial charge in [-0.2, -0.15) is 18.3 Å². The molecule has 1 N–H and O–H groups in total. The van der Waals surface area contributed by atoms with Crippen LogP contribution >= 0.6 is 0 Å². The Kier molecular flexibility index (Phi) is 7.08. The molecule has 10 nitrogen and oxygen atoms in total. The molecule has 0 radical (unpaired) electrons. The Labute approximate surface area is 240 Å². The lowest BCUT2D eigenvalue weighted by molar-refractivity contribution is -0.194. The number of amides is 3. The number of nitrogens with zero attached hydrogens (tertiary/aromatic N) is 6. The Hall–Kier alpha value is -4.13. The number of likely N-dealkylation sites (N-methyl/N-ethyl adjacent to an activating group) is 1. The zero-order valence-corrected chi connectivity index (χ0v) is 23.2. The van der Waals surface area contributed by atoms with Crippen molar-refractivity contribution in [1.82, 2.24) is 29.8 Å². The molecular weight excluding hydrogens is 551 g/mol. The fourth-order valence-electron chi connectivity index (χ4n) is 6.38. The highest BCUT2D eigenvalue weighted by atomic mass is 19.4. The number of rotatable bonds is 4. The summed E-state index contributed by atoms with van der Waals surface area (Å²) >= 11 is 0. The van der Waals surface area contributed by atoms with E-state index in [1.54, 1.807) is 23.2 Å². The van der Waals surface area contributed by atoms with E-state index in [4.69, 9.17) is 0 Å². The number of fused-ring (bicyclic) bond motifs is 1. The van der Waals surface area contributed by atoms with E-state index < -0.39 is 30.2 Å². The van der Waals surface area contributed by atoms with Gasteiger partial charge < -0.3 is 19.6 Å². The van der Waals surface area contributed by atoms with Crippen molar-refractivity contribution < 1.29 is 27.6 Å². The van der Waals surface area contributed by atoms with Gasteiger partial charge in [0.2, 0.25) is 5.91 Å². The van der Waals surface area contributed by atoms with Gasteiger partial charge in [-0.05, 0) is 50.2 Å². The van der Waals surface area contributed by atoms with Crippen molar-refractivity contribution in [2.75, 3.05) is 57.9 Å². The number of hydrogen-bond donors (Lipinski definition) is 1. The second-order valence-electron chi connectivity index (χ2n) is 11.3. The summed E-state index contributed by atoms with van der Waals surface area (Å²) in [5.41, 5.74) is 1.21. The minimum atomic E-state index is -4.46. The van der Waals surface area contributed by atoms with Gasteiger partial charge >= 0.3 is 6.18 Å². The molecule has 0 aliphatic carbocycles. The molecule has 6 rings (SSSR count). The number of halogens is 3. The summed E-state index contributed by atoms with van der Waals surface area (Å²) in [6.07, 6.45) is -2.08. The molecule has 1 aromatic heterocycles. The first-order chi connectivity index (χ1) is 20.1. The molecule has 42 heavy (non-hydrogen) atoms. The summed E-state index contributed by atoms with van der Waals surface area (Å²) in [5.74, 6) is -0.878. The van der Waals surface area contributed by atoms with Crippen LogP contribution in [0.4, 0.5) is 18.9 Å². The summed E-state index contributed by atoms with van der Waals surface area (Å²) in [6.45, 7) is 0.313. The number of anilines is 1. The van der Waals surface area contributed by atoms with Crippen LogP contribution in [0.3, 0.4) is 0 Å². The Balaban J connectivity index is 1.19. The monoisotopic (exact) mass is 583 g/mol. The third-order valence-corrected chi connectivity index (χ3v) is 8.85. The molecule has 1 atom stereocenters. The highest BCUT2D eigenvalue weighted by Gasteiger charge is 2.55. The highest BCUT2D eigenvalue weighted by molar-refractivity contribution is 5.99. The number of benzene rings is 2. The third kappa shape index (κ3) is 4.95. The highest BCUT2D eigenvalue weighted by Crippen LogP contribution is 2.40. The van der Waals surface area contributed by atoms with Crippen LogP contribution in [0.2, 0.25) is 0 Å². The number of aromatic amines is 1. The number of carbonyl (C=O) groups excluding carboxylic acids is 3. The molecule has 0 bridgehead atoms. The number of para-hydroxylation sites is 1. The first kappa shape index (κ1) is 28.0. The average Bonchev–Trinajstić information content (AvgIpc) is 3.56. The van der Waals surface area contributed by atoms with Crippen molar-refractivity contribution >= 4 is 34.3 Å². The van der Waals surface area contributed by atoms with E-state index in [2.05, 4.69) is 10.2 Å². The molecule has 13 heteroatoms. The van der Waals surface area contributed by atoms with Crippen LogP contribution in [-0.2, 0) is 9.59 Å². The number of likely N-dealkylation sites (tertiary alicyclic amines) is 1. The van der Waals surface area contributed by atoms with E-state index >= 15 is 0 Å². The lowest BCUT2D eigenvalue weighted by Crippen LogP contribution is -2.60. The standard InChI is InChI=1S/C29H32F3N7O3/c1-35-13-14-37(17-24(35)29(30,31)32)25(40)18-38-19-39(22-5-3-2-4-6-22)28(27(38)42)9-11-36(12-10-28)26(41)20-7-8-23-21(15-20)16-33-34-23/h2-8,15-16,24H,9-14,17-19H2,1H3,(H,33,34)/t24-/m0/s1. The smallest absolute Gasteiger partial charge is 0.339 e. The Morgan fingerprint density at radius 2 is 1.76 bits per heavy atom. The van der Waals surface area contributed by atoms with Crippen LogP contribution in [0, 0.1) is 0 Å². The van der Waals surface area contributed by atoms with Gasteiger partial charge in [0.15, 0.2) is 0 Å². The van der Waals surface area contributed by atoms with E-state index in [-0.39, 0.29) is 38.1 Å². The molecule has 4 heterocycles. The minimum Gasteiger partial charge on any atom is -0.339 e. The van der Waals surface area contributed by atoms with E-state index in [1.807, 2.05) is 41.3 Å². The molecule has 3 saturated heterocycles. The fourth-order valence-corrected chi connectivity index (χ4v) is 6.38. The van der Waals surface area contributed by atoms with Gasteiger partial charge in [-0.1, -0.05) is 18.2 Å². The fraction of sp³-hybridized carbons (Fsp3) is 0.448. The predicted molar refractivity (Wildman–Crippen MR) is 149 cm³/mol. The first-order valence-electron chi connectivity index (χ1n) is 14.0. The summed E-state index contributed by atoms with van der Waals surface area (Å²) in [4.78, 5) is 48.2. The molecule has 3 aliphatic heterocycles. The number of carbonyl (C=O) groups is 3. The zero-order chi connectivity index (χ0) is 29.6. The van der Waals surface area contributed by atoms with Crippen LogP contribution in [0.1, 0.15) is 23.2 Å². The van der Waals surface area contributed by atoms with Gasteiger partial charge in [-0.3, -0.25) is 24.4 Å². The maximum absolute atomic E-state index is 14.0. The predicted octanol–water partition coefficient (Wildman–Crippen LogP) is 2.55. The number of H-pyrrole nitrogens is 1. The second-order valence-corrected chi connectivity index (χ2v) is 11.3. The van der Waals surface area contributed by atoms with Crippen molar-refractivity contribution in [3.05, 3.63) is 60.3 Å². The van der Waals surface area contributed by atoms with Gasteiger partial charge in [0.05, 0.1) is 18.4 Å². The summed E-state index contributed by atoms with van der Waals surface area (Å²) in [5, 5.41) is 7.71. The molecule has 2 aromatic carbocycles. The molecular formula is C29H32F3N7O3. The van der Waals surface area contributed by atoms with Gasteiger partial charge in [0.25, 0.3) is 11.8 Å². The minimum absolute atomic E-state index is 0.0985. The van der Waals surface area contributed by atoms with Crippen molar-refractivity contribution in [2.24, 2.45) is 0 Å². The number of nitrogens with one attached hydrogen (secondary N) is 1. The van der Waals surface area contributed by atoms with Crippen LogP contribution in [0.25, 0.3) is 10.9 Å². The van der Waals surface area contributed by atoms with E-state index in [0.717, 1.165) is 16.6 Å². The largest absolute Gasteiger partial charge is 0.405 e. The lowest BCUT2D eigenvalue weighted by atomic mass is 9.85. The second kappa shape index (κ2) is 10.6. The van der Waals surface area contributed by atoms with Gasteiger partial charge in [0.1, 0.15) is 18.1 Å². The average molecular weight is 584 g/mol. The van der Waals surface area contributed by atoms with Gasteiger partial charge in [-0.15, -0.1) is 0 Å². The molecule has 3 aliphatic rings. The molecule has 3 fully saturated rings. The normalized spacial score (nSPS) is 21.5. The number of aromatic nitrogens is 2. The van der Waals surface area contributed by atoms with Crippen molar-refractivity contribution in [2.45, 2.75) is 30.6 Å². The number of hydrogen-bond acceptors (Lipinski definition) is 6. The van der Waals surface area contributed by atoms with Crippen molar-refractivity contribution in [3.63, 3.8) is 0 Å².